The lowest BCUT2D eigenvalue weighted by molar-refractivity contribution is 0.101. The van der Waals surface area contributed by atoms with Gasteiger partial charge in [0.25, 0.3) is 0 Å². The first-order chi connectivity index (χ1) is 5.65. The Morgan fingerprint density at radius 3 is 2.75 bits per heavy atom. The average molecular weight is 165 g/mol. The molecule has 3 heteroatoms. The molecule has 0 amide bonds. The molecule has 0 aliphatic rings. The van der Waals surface area contributed by atoms with Gasteiger partial charge in [-0.2, -0.15) is 0 Å². The van der Waals surface area contributed by atoms with Crippen LogP contribution in [0.15, 0.2) is 12.3 Å². The molecule has 3 nitrogen and oxygen atoms in total. The average Bonchev–Trinajstić information content (AvgIpc) is 2.04. The van der Waals surface area contributed by atoms with Crippen LogP contribution in [0.5, 0.6) is 0 Å². The third-order valence-corrected chi connectivity index (χ3v) is 1.74. The van der Waals surface area contributed by atoms with Crippen molar-refractivity contribution in [3.05, 3.63) is 29.1 Å². The predicted molar refractivity (Wildman–Crippen MR) is 44.9 cm³/mol. The molecule has 0 spiro atoms. The highest BCUT2D eigenvalue weighted by Crippen LogP contribution is 2.07. The maximum Gasteiger partial charge on any atom is 0.161 e. The molecule has 64 valence electrons. The smallest absolute Gasteiger partial charge is 0.161 e. The summed E-state index contributed by atoms with van der Waals surface area (Å²) >= 11 is 0. The Labute approximate surface area is 71.1 Å². The Morgan fingerprint density at radius 2 is 2.33 bits per heavy atom. The van der Waals surface area contributed by atoms with E-state index in [1.807, 2.05) is 6.92 Å². The Morgan fingerprint density at radius 1 is 1.67 bits per heavy atom. The highest BCUT2D eigenvalue weighted by Gasteiger charge is 2.03. The van der Waals surface area contributed by atoms with Crippen LogP contribution < -0.4 is 0 Å². The van der Waals surface area contributed by atoms with Gasteiger partial charge in [-0.3, -0.25) is 9.78 Å². The molecule has 0 radical (unpaired) electrons. The summed E-state index contributed by atoms with van der Waals surface area (Å²) in [6.07, 6.45) is 1.49. The zero-order chi connectivity index (χ0) is 9.14. The fourth-order valence-corrected chi connectivity index (χ4v) is 0.961. The minimum Gasteiger partial charge on any atom is -0.390 e. The second-order valence-corrected chi connectivity index (χ2v) is 2.70. The molecule has 1 aromatic rings. The molecule has 1 heterocycles. The van der Waals surface area contributed by atoms with Gasteiger partial charge in [0.05, 0.1) is 12.3 Å². The topological polar surface area (TPSA) is 50.2 Å². The van der Waals surface area contributed by atoms with Gasteiger partial charge in [-0.1, -0.05) is 0 Å². The molecule has 0 unspecified atom stereocenters. The van der Waals surface area contributed by atoms with Crippen LogP contribution in [0.3, 0.4) is 0 Å². The van der Waals surface area contributed by atoms with Crippen molar-refractivity contribution >= 4 is 5.78 Å². The molecule has 0 aliphatic carbocycles. The van der Waals surface area contributed by atoms with Gasteiger partial charge < -0.3 is 5.11 Å². The summed E-state index contributed by atoms with van der Waals surface area (Å²) < 4.78 is 0. The van der Waals surface area contributed by atoms with Gasteiger partial charge in [0, 0.05) is 11.8 Å². The number of pyridine rings is 1. The van der Waals surface area contributed by atoms with Crippen LogP contribution in [0.1, 0.15) is 28.5 Å². The van der Waals surface area contributed by atoms with Crippen LogP contribution in [0, 0.1) is 6.92 Å². The van der Waals surface area contributed by atoms with Crippen molar-refractivity contribution in [2.45, 2.75) is 20.5 Å². The molecule has 1 aromatic heterocycles. The molecule has 0 saturated heterocycles. The first-order valence-electron chi connectivity index (χ1n) is 3.72. The molecule has 0 bridgehead atoms. The van der Waals surface area contributed by atoms with Gasteiger partial charge in [0.2, 0.25) is 0 Å². The maximum atomic E-state index is 10.9. The molecule has 1 rings (SSSR count). The fraction of sp³-hybridized carbons (Fsp3) is 0.333. The summed E-state index contributed by atoms with van der Waals surface area (Å²) in [7, 11) is 0. The number of carbonyl (C=O) groups excluding carboxylic acids is 1. The number of aliphatic hydroxyl groups excluding tert-OH is 1. The summed E-state index contributed by atoms with van der Waals surface area (Å²) in [5, 5.41) is 8.80. The molecule has 0 aliphatic heterocycles. The number of aliphatic hydroxyl groups is 1. The third kappa shape index (κ3) is 1.68. The molecule has 1 N–H and O–H groups in total. The van der Waals surface area contributed by atoms with E-state index in [4.69, 9.17) is 5.11 Å². The molecule has 12 heavy (non-hydrogen) atoms. The highest BCUT2D eigenvalue weighted by molar-refractivity contribution is 5.93. The summed E-state index contributed by atoms with van der Waals surface area (Å²) in [4.78, 5) is 14.8. The van der Waals surface area contributed by atoms with E-state index < -0.39 is 0 Å². The van der Waals surface area contributed by atoms with Crippen molar-refractivity contribution in [3.8, 4) is 0 Å². The van der Waals surface area contributed by atoms with Crippen molar-refractivity contribution in [3.63, 3.8) is 0 Å². The summed E-state index contributed by atoms with van der Waals surface area (Å²) in [5.74, 6) is -0.00455. The maximum absolute atomic E-state index is 10.9. The minimum atomic E-state index is -0.0793. The monoisotopic (exact) mass is 165 g/mol. The summed E-state index contributed by atoms with van der Waals surface area (Å²) in [5.41, 5.74) is 2.06. The van der Waals surface area contributed by atoms with Gasteiger partial charge in [0.15, 0.2) is 5.78 Å². The van der Waals surface area contributed by atoms with Crippen molar-refractivity contribution in [2.75, 3.05) is 0 Å². The van der Waals surface area contributed by atoms with Crippen molar-refractivity contribution in [1.29, 1.82) is 0 Å². The number of hydrogen-bond donors (Lipinski definition) is 1. The van der Waals surface area contributed by atoms with Crippen LogP contribution in [0.4, 0.5) is 0 Å². The number of aromatic nitrogens is 1. The number of rotatable bonds is 2. The Balaban J connectivity index is 3.10. The van der Waals surface area contributed by atoms with Crippen molar-refractivity contribution < 1.29 is 9.90 Å². The van der Waals surface area contributed by atoms with E-state index in [2.05, 4.69) is 4.98 Å². The van der Waals surface area contributed by atoms with E-state index >= 15 is 0 Å². The molecule has 0 saturated carbocycles. The van der Waals surface area contributed by atoms with Gasteiger partial charge in [-0.05, 0) is 25.5 Å². The molecular weight excluding hydrogens is 154 g/mol. The molecule has 0 fully saturated rings. The zero-order valence-corrected chi connectivity index (χ0v) is 7.16. The minimum absolute atomic E-state index is 0.00455. The lowest BCUT2D eigenvalue weighted by atomic mass is 10.1. The lowest BCUT2D eigenvalue weighted by Crippen LogP contribution is -1.99. The SMILES string of the molecule is CC(=O)c1cnc(CO)c(C)c1. The largest absolute Gasteiger partial charge is 0.390 e. The van der Waals surface area contributed by atoms with Crippen LogP contribution in [0.25, 0.3) is 0 Å². The number of carbonyl (C=O) groups is 1. The van der Waals surface area contributed by atoms with Gasteiger partial charge in [0.1, 0.15) is 0 Å². The number of ketones is 1. The van der Waals surface area contributed by atoms with Crippen molar-refractivity contribution in [1.82, 2.24) is 4.98 Å². The number of aryl methyl sites for hydroxylation is 1. The number of hydrogen-bond acceptors (Lipinski definition) is 3. The Hall–Kier alpha value is -1.22. The standard InChI is InChI=1S/C9H11NO2/c1-6-3-8(7(2)12)4-10-9(6)5-11/h3-4,11H,5H2,1-2H3. The second kappa shape index (κ2) is 3.45. The normalized spacial score (nSPS) is 9.92. The van der Waals surface area contributed by atoms with Crippen LogP contribution in [0.2, 0.25) is 0 Å². The van der Waals surface area contributed by atoms with Crippen LogP contribution in [-0.2, 0) is 6.61 Å². The number of Topliss-reactive ketones (excluding diaryl/α,β-unsaturated/α-hetero) is 1. The second-order valence-electron chi connectivity index (χ2n) is 2.70. The first-order valence-corrected chi connectivity index (χ1v) is 3.72. The fourth-order valence-electron chi connectivity index (χ4n) is 0.961. The van der Waals surface area contributed by atoms with E-state index in [0.29, 0.717) is 11.3 Å². The van der Waals surface area contributed by atoms with E-state index in [0.717, 1.165) is 5.56 Å². The zero-order valence-electron chi connectivity index (χ0n) is 7.16. The van der Waals surface area contributed by atoms with Crippen molar-refractivity contribution in [2.24, 2.45) is 0 Å². The summed E-state index contributed by atoms with van der Waals surface area (Å²) in [6.45, 7) is 3.24. The molecular formula is C9H11NO2. The quantitative estimate of drug-likeness (QED) is 0.667. The highest BCUT2D eigenvalue weighted by atomic mass is 16.3. The predicted octanol–water partition coefficient (Wildman–Crippen LogP) is 1.08. The van der Waals surface area contributed by atoms with E-state index in [1.165, 1.54) is 13.1 Å². The van der Waals surface area contributed by atoms with Gasteiger partial charge in [-0.15, -0.1) is 0 Å². The van der Waals surface area contributed by atoms with Gasteiger partial charge >= 0.3 is 0 Å². The van der Waals surface area contributed by atoms with E-state index in [-0.39, 0.29) is 12.4 Å². The van der Waals surface area contributed by atoms with E-state index in [9.17, 15) is 4.79 Å². The van der Waals surface area contributed by atoms with Crippen LogP contribution >= 0.6 is 0 Å². The summed E-state index contributed by atoms with van der Waals surface area (Å²) in [6, 6.07) is 1.74. The molecule has 0 atom stereocenters. The Kier molecular flexibility index (Phi) is 2.55. The Bertz CT molecular complexity index is 307. The molecule has 0 aromatic carbocycles. The van der Waals surface area contributed by atoms with E-state index in [1.54, 1.807) is 6.07 Å². The van der Waals surface area contributed by atoms with Crippen LogP contribution in [-0.4, -0.2) is 15.9 Å². The number of nitrogens with zero attached hydrogens (tertiary/aromatic N) is 1. The first kappa shape index (κ1) is 8.87. The third-order valence-electron chi connectivity index (χ3n) is 1.74. The van der Waals surface area contributed by atoms with Gasteiger partial charge in [-0.25, -0.2) is 0 Å². The lowest BCUT2D eigenvalue weighted by Gasteiger charge is -2.01.